The SMILES string of the molecule is COC(=O)[C@@H]1Cc2c([nH]c3ccccc23)[C@@H](c2cccc(Br)c2)N1. The second-order valence-corrected chi connectivity index (χ2v) is 6.91. The zero-order valence-corrected chi connectivity index (χ0v) is 14.8. The van der Waals surface area contributed by atoms with E-state index < -0.39 is 0 Å². The van der Waals surface area contributed by atoms with E-state index in [9.17, 15) is 4.79 Å². The van der Waals surface area contributed by atoms with Crippen LogP contribution in [0, 0.1) is 0 Å². The number of aromatic nitrogens is 1. The lowest BCUT2D eigenvalue weighted by atomic mass is 9.90. The Morgan fingerprint density at radius 2 is 2.04 bits per heavy atom. The van der Waals surface area contributed by atoms with Gasteiger partial charge in [0.05, 0.1) is 13.2 Å². The third-order valence-corrected chi connectivity index (χ3v) is 5.07. The summed E-state index contributed by atoms with van der Waals surface area (Å²) in [6.45, 7) is 0. The molecule has 0 amide bonds. The molecule has 0 fully saturated rings. The number of fused-ring (bicyclic) bond motifs is 3. The predicted molar refractivity (Wildman–Crippen MR) is 96.9 cm³/mol. The number of para-hydroxylation sites is 1. The molecule has 0 aliphatic carbocycles. The lowest BCUT2D eigenvalue weighted by Gasteiger charge is -2.30. The maximum atomic E-state index is 12.2. The van der Waals surface area contributed by atoms with E-state index in [-0.39, 0.29) is 18.1 Å². The summed E-state index contributed by atoms with van der Waals surface area (Å²) in [6, 6.07) is 15.9. The van der Waals surface area contributed by atoms with Crippen LogP contribution >= 0.6 is 15.9 Å². The molecule has 3 aromatic rings. The van der Waals surface area contributed by atoms with Crippen molar-refractivity contribution >= 4 is 32.8 Å². The summed E-state index contributed by atoms with van der Waals surface area (Å²) in [5.41, 5.74) is 4.50. The van der Waals surface area contributed by atoms with Crippen molar-refractivity contribution in [1.82, 2.24) is 10.3 Å². The van der Waals surface area contributed by atoms with Gasteiger partial charge in [0.15, 0.2) is 0 Å². The minimum atomic E-state index is -0.356. The van der Waals surface area contributed by atoms with Crippen LogP contribution in [0.2, 0.25) is 0 Å². The first-order chi connectivity index (χ1) is 11.7. The van der Waals surface area contributed by atoms with Crippen molar-refractivity contribution in [2.45, 2.75) is 18.5 Å². The molecule has 2 aromatic carbocycles. The summed E-state index contributed by atoms with van der Waals surface area (Å²) in [4.78, 5) is 15.7. The number of benzene rings is 2. The molecule has 5 heteroatoms. The summed E-state index contributed by atoms with van der Waals surface area (Å²) < 4.78 is 5.99. The standard InChI is InChI=1S/C19H17BrN2O2/c1-24-19(23)16-10-14-13-7-2-3-8-15(13)21-18(14)17(22-16)11-5-4-6-12(20)9-11/h2-9,16-17,21-22H,10H2,1H3/t16-,17+/m0/s1. The van der Waals surface area contributed by atoms with E-state index in [1.165, 1.54) is 18.1 Å². The Hall–Kier alpha value is -2.11. The van der Waals surface area contributed by atoms with Crippen molar-refractivity contribution < 1.29 is 9.53 Å². The molecule has 1 aliphatic heterocycles. The first-order valence-electron chi connectivity index (χ1n) is 7.86. The summed E-state index contributed by atoms with van der Waals surface area (Å²) in [5, 5.41) is 4.61. The predicted octanol–water partition coefficient (Wildman–Crippen LogP) is 3.71. The highest BCUT2D eigenvalue weighted by molar-refractivity contribution is 9.10. The van der Waals surface area contributed by atoms with Gasteiger partial charge in [-0.05, 0) is 29.3 Å². The molecule has 0 unspecified atom stereocenters. The van der Waals surface area contributed by atoms with Gasteiger partial charge in [-0.15, -0.1) is 0 Å². The molecule has 4 nitrogen and oxygen atoms in total. The van der Waals surface area contributed by atoms with Gasteiger partial charge in [-0.25, -0.2) is 0 Å². The molecule has 4 rings (SSSR count). The molecule has 24 heavy (non-hydrogen) atoms. The van der Waals surface area contributed by atoms with Gasteiger partial charge in [0.1, 0.15) is 6.04 Å². The van der Waals surface area contributed by atoms with Gasteiger partial charge >= 0.3 is 5.97 Å². The second kappa shape index (κ2) is 6.07. The summed E-state index contributed by atoms with van der Waals surface area (Å²) >= 11 is 3.53. The van der Waals surface area contributed by atoms with Crippen LogP contribution in [-0.4, -0.2) is 24.1 Å². The van der Waals surface area contributed by atoms with Crippen LogP contribution in [0.25, 0.3) is 10.9 Å². The van der Waals surface area contributed by atoms with Gasteiger partial charge in [0.2, 0.25) is 0 Å². The Labute approximate surface area is 148 Å². The van der Waals surface area contributed by atoms with E-state index in [2.05, 4.69) is 50.5 Å². The largest absolute Gasteiger partial charge is 0.468 e. The first-order valence-corrected chi connectivity index (χ1v) is 8.65. The molecule has 0 saturated carbocycles. The average Bonchev–Trinajstić information content (AvgIpc) is 2.99. The number of carbonyl (C=O) groups is 1. The monoisotopic (exact) mass is 384 g/mol. The van der Waals surface area contributed by atoms with Crippen LogP contribution < -0.4 is 5.32 Å². The van der Waals surface area contributed by atoms with Crippen molar-refractivity contribution in [2.24, 2.45) is 0 Å². The third kappa shape index (κ3) is 2.54. The van der Waals surface area contributed by atoms with Crippen LogP contribution in [0.4, 0.5) is 0 Å². The highest BCUT2D eigenvalue weighted by atomic mass is 79.9. The maximum Gasteiger partial charge on any atom is 0.323 e. The molecule has 2 atom stereocenters. The van der Waals surface area contributed by atoms with E-state index in [0.717, 1.165) is 21.2 Å². The second-order valence-electron chi connectivity index (χ2n) is 6.00. The smallest absolute Gasteiger partial charge is 0.323 e. The Morgan fingerprint density at radius 3 is 2.83 bits per heavy atom. The zero-order chi connectivity index (χ0) is 16.7. The number of nitrogens with one attached hydrogen (secondary N) is 2. The fourth-order valence-corrected chi connectivity index (χ4v) is 3.89. The number of methoxy groups -OCH3 is 1. The number of halogens is 1. The minimum Gasteiger partial charge on any atom is -0.468 e. The molecule has 2 N–H and O–H groups in total. The Morgan fingerprint density at radius 1 is 1.21 bits per heavy atom. The van der Waals surface area contributed by atoms with Crippen LogP contribution in [0.5, 0.6) is 0 Å². The van der Waals surface area contributed by atoms with E-state index >= 15 is 0 Å². The molecule has 0 spiro atoms. The fourth-order valence-electron chi connectivity index (χ4n) is 3.48. The van der Waals surface area contributed by atoms with Crippen molar-refractivity contribution in [3.05, 3.63) is 69.8 Å². The summed E-state index contributed by atoms with van der Waals surface area (Å²) in [6.07, 6.45) is 0.622. The molecule has 0 bridgehead atoms. The Balaban J connectivity index is 1.88. The normalized spacial score (nSPS) is 19.9. The molecular formula is C19H17BrN2O2. The van der Waals surface area contributed by atoms with Crippen LogP contribution in [-0.2, 0) is 16.0 Å². The van der Waals surface area contributed by atoms with E-state index in [0.29, 0.717) is 6.42 Å². The van der Waals surface area contributed by atoms with Crippen LogP contribution in [0.3, 0.4) is 0 Å². The molecule has 2 heterocycles. The highest BCUT2D eigenvalue weighted by Crippen LogP contribution is 2.35. The highest BCUT2D eigenvalue weighted by Gasteiger charge is 2.34. The van der Waals surface area contributed by atoms with Crippen molar-refractivity contribution in [3.8, 4) is 0 Å². The van der Waals surface area contributed by atoms with Crippen LogP contribution in [0.1, 0.15) is 22.9 Å². The van der Waals surface area contributed by atoms with E-state index in [1.54, 1.807) is 0 Å². The summed E-state index contributed by atoms with van der Waals surface area (Å²) in [5.74, 6) is -0.231. The Bertz CT molecular complexity index is 919. The number of hydrogen-bond acceptors (Lipinski definition) is 3. The number of carbonyl (C=O) groups excluding carboxylic acids is 1. The number of esters is 1. The average molecular weight is 385 g/mol. The summed E-state index contributed by atoms with van der Waals surface area (Å²) in [7, 11) is 1.43. The number of ether oxygens (including phenoxy) is 1. The van der Waals surface area contributed by atoms with E-state index in [1.807, 2.05) is 24.3 Å². The molecule has 1 aromatic heterocycles. The van der Waals surface area contributed by atoms with Gasteiger partial charge in [-0.3, -0.25) is 10.1 Å². The number of H-pyrrole nitrogens is 1. The lowest BCUT2D eigenvalue weighted by Crippen LogP contribution is -2.45. The van der Waals surface area contributed by atoms with E-state index in [4.69, 9.17) is 4.74 Å². The fraction of sp³-hybridized carbons (Fsp3) is 0.211. The Kier molecular flexibility index (Phi) is 3.90. The van der Waals surface area contributed by atoms with Crippen LogP contribution in [0.15, 0.2) is 53.0 Å². The van der Waals surface area contributed by atoms with Gasteiger partial charge in [-0.2, -0.15) is 0 Å². The van der Waals surface area contributed by atoms with Crippen molar-refractivity contribution in [2.75, 3.05) is 7.11 Å². The van der Waals surface area contributed by atoms with Gasteiger partial charge in [0.25, 0.3) is 0 Å². The van der Waals surface area contributed by atoms with Gasteiger partial charge in [-0.1, -0.05) is 46.3 Å². The minimum absolute atomic E-state index is 0.0808. The third-order valence-electron chi connectivity index (χ3n) is 4.58. The zero-order valence-electron chi connectivity index (χ0n) is 13.2. The molecule has 1 aliphatic rings. The number of hydrogen-bond donors (Lipinski definition) is 2. The molecule has 122 valence electrons. The van der Waals surface area contributed by atoms with Crippen molar-refractivity contribution in [3.63, 3.8) is 0 Å². The molecular weight excluding hydrogens is 368 g/mol. The first kappa shape index (κ1) is 15.4. The lowest BCUT2D eigenvalue weighted by molar-refractivity contribution is -0.143. The number of rotatable bonds is 2. The van der Waals surface area contributed by atoms with Gasteiger partial charge < -0.3 is 9.72 Å². The maximum absolute atomic E-state index is 12.2. The quantitative estimate of drug-likeness (QED) is 0.662. The molecule has 0 saturated heterocycles. The topological polar surface area (TPSA) is 54.1 Å². The number of aromatic amines is 1. The van der Waals surface area contributed by atoms with Gasteiger partial charge in [0, 0.05) is 27.5 Å². The van der Waals surface area contributed by atoms with Crippen molar-refractivity contribution in [1.29, 1.82) is 0 Å². The molecule has 0 radical (unpaired) electrons.